The highest BCUT2D eigenvalue weighted by Gasteiger charge is 2.23. The normalized spacial score (nSPS) is 16.5. The number of hydrogen-bond acceptors (Lipinski definition) is 4. The molecule has 0 radical (unpaired) electrons. The molecule has 1 saturated heterocycles. The van der Waals surface area contributed by atoms with Gasteiger partial charge in [-0.25, -0.2) is 4.98 Å². The number of nitrogens with zero attached hydrogens (tertiary/aromatic N) is 3. The van der Waals surface area contributed by atoms with Crippen molar-refractivity contribution in [2.45, 2.75) is 32.4 Å². The van der Waals surface area contributed by atoms with Gasteiger partial charge in [-0.3, -0.25) is 9.79 Å². The largest absolute Gasteiger partial charge is 0.473 e. The zero-order valence-corrected chi connectivity index (χ0v) is 19.6. The van der Waals surface area contributed by atoms with Crippen LogP contribution in [0.3, 0.4) is 0 Å². The molecule has 0 spiro atoms. The van der Waals surface area contributed by atoms with E-state index in [1.165, 1.54) is 0 Å². The van der Waals surface area contributed by atoms with E-state index in [9.17, 15) is 4.79 Å². The molecule has 1 amide bonds. The number of primary amides is 1. The van der Waals surface area contributed by atoms with E-state index in [0.29, 0.717) is 25.5 Å². The topological polar surface area (TPSA) is 92.8 Å². The van der Waals surface area contributed by atoms with Crippen LogP contribution in [-0.4, -0.2) is 41.9 Å². The van der Waals surface area contributed by atoms with E-state index in [-0.39, 0.29) is 35.8 Å². The molecule has 1 atom stereocenters. The Morgan fingerprint density at radius 2 is 2.10 bits per heavy atom. The van der Waals surface area contributed by atoms with Gasteiger partial charge in [-0.2, -0.15) is 0 Å². The van der Waals surface area contributed by atoms with Crippen LogP contribution in [0.15, 0.2) is 53.7 Å². The first kappa shape index (κ1) is 23.9. The van der Waals surface area contributed by atoms with Gasteiger partial charge in [0.05, 0.1) is 0 Å². The van der Waals surface area contributed by atoms with Crippen LogP contribution in [0.1, 0.15) is 30.4 Å². The highest BCUT2D eigenvalue weighted by molar-refractivity contribution is 14.0. The number of ether oxygens (including phenoxy) is 1. The fraction of sp³-hybridized carbons (Fsp3) is 0.409. The van der Waals surface area contributed by atoms with Gasteiger partial charge in [-0.05, 0) is 30.4 Å². The summed E-state index contributed by atoms with van der Waals surface area (Å²) in [4.78, 5) is 22.3. The number of halogens is 1. The zero-order valence-electron chi connectivity index (χ0n) is 17.3. The van der Waals surface area contributed by atoms with Crippen molar-refractivity contribution in [2.75, 3.05) is 20.1 Å². The minimum absolute atomic E-state index is 0. The van der Waals surface area contributed by atoms with Gasteiger partial charge in [0.25, 0.3) is 0 Å². The van der Waals surface area contributed by atoms with Crippen LogP contribution in [0.4, 0.5) is 0 Å². The Labute approximate surface area is 195 Å². The number of guanidine groups is 1. The Bertz CT molecular complexity index is 831. The highest BCUT2D eigenvalue weighted by atomic mass is 127. The fourth-order valence-electron chi connectivity index (χ4n) is 3.63. The third-order valence-corrected chi connectivity index (χ3v) is 5.03. The summed E-state index contributed by atoms with van der Waals surface area (Å²) < 4.78 is 5.94. The Hall–Kier alpha value is -2.36. The van der Waals surface area contributed by atoms with E-state index in [4.69, 9.17) is 10.5 Å². The van der Waals surface area contributed by atoms with Crippen LogP contribution >= 0.6 is 24.0 Å². The number of nitrogens with one attached hydrogen (secondary N) is 1. The molecule has 1 aromatic heterocycles. The van der Waals surface area contributed by atoms with Gasteiger partial charge in [0.2, 0.25) is 11.8 Å². The molecule has 1 aliphatic heterocycles. The van der Waals surface area contributed by atoms with Crippen LogP contribution in [0.5, 0.6) is 5.88 Å². The summed E-state index contributed by atoms with van der Waals surface area (Å²) in [5, 5.41) is 3.41. The van der Waals surface area contributed by atoms with Crippen LogP contribution in [0.2, 0.25) is 0 Å². The van der Waals surface area contributed by atoms with E-state index >= 15 is 0 Å². The second-order valence-corrected chi connectivity index (χ2v) is 7.27. The summed E-state index contributed by atoms with van der Waals surface area (Å²) in [6.07, 6.45) is 4.21. The van der Waals surface area contributed by atoms with Crippen molar-refractivity contribution in [3.05, 3.63) is 59.8 Å². The molecule has 1 aromatic carbocycles. The smallest absolute Gasteiger partial charge is 0.218 e. The average Bonchev–Trinajstić information content (AvgIpc) is 2.74. The maximum absolute atomic E-state index is 11.3. The Kier molecular flexibility index (Phi) is 9.85. The van der Waals surface area contributed by atoms with Gasteiger partial charge in [0, 0.05) is 44.9 Å². The fourth-order valence-corrected chi connectivity index (χ4v) is 3.63. The minimum Gasteiger partial charge on any atom is -0.473 e. The van der Waals surface area contributed by atoms with Gasteiger partial charge >= 0.3 is 0 Å². The summed E-state index contributed by atoms with van der Waals surface area (Å²) in [5.41, 5.74) is 7.44. The zero-order chi connectivity index (χ0) is 20.5. The summed E-state index contributed by atoms with van der Waals surface area (Å²) in [6.45, 7) is 2.73. The molecule has 0 saturated carbocycles. The maximum atomic E-state index is 11.3. The van der Waals surface area contributed by atoms with E-state index in [1.54, 1.807) is 13.2 Å². The lowest BCUT2D eigenvalue weighted by Crippen LogP contribution is -2.46. The van der Waals surface area contributed by atoms with Crippen molar-refractivity contribution >= 4 is 35.8 Å². The predicted octanol–water partition coefficient (Wildman–Crippen LogP) is 2.94. The monoisotopic (exact) mass is 523 g/mol. The third-order valence-electron chi connectivity index (χ3n) is 5.03. The lowest BCUT2D eigenvalue weighted by Gasteiger charge is -2.34. The van der Waals surface area contributed by atoms with Crippen molar-refractivity contribution in [2.24, 2.45) is 16.6 Å². The second-order valence-electron chi connectivity index (χ2n) is 7.27. The van der Waals surface area contributed by atoms with Crippen LogP contribution in [0.25, 0.3) is 0 Å². The molecule has 2 aromatic rings. The number of benzene rings is 1. The summed E-state index contributed by atoms with van der Waals surface area (Å²) >= 11 is 0. The first-order valence-corrected chi connectivity index (χ1v) is 10.00. The predicted molar refractivity (Wildman–Crippen MR) is 129 cm³/mol. The molecule has 3 N–H and O–H groups in total. The average molecular weight is 523 g/mol. The molecule has 162 valence electrons. The third kappa shape index (κ3) is 7.16. The molecule has 7 nitrogen and oxygen atoms in total. The van der Waals surface area contributed by atoms with Crippen LogP contribution in [-0.2, 0) is 17.9 Å². The number of piperidine rings is 1. The number of nitrogens with two attached hydrogens (primary N) is 1. The van der Waals surface area contributed by atoms with E-state index in [1.807, 2.05) is 42.5 Å². The van der Waals surface area contributed by atoms with Gasteiger partial charge in [-0.1, -0.05) is 36.4 Å². The molecule has 3 rings (SSSR count). The number of hydrogen-bond donors (Lipinski definition) is 2. The Balaban J connectivity index is 0.00000320. The van der Waals surface area contributed by atoms with Gasteiger partial charge in [0.1, 0.15) is 6.61 Å². The molecule has 0 bridgehead atoms. The van der Waals surface area contributed by atoms with Crippen LogP contribution in [0, 0.1) is 5.92 Å². The Morgan fingerprint density at radius 1 is 1.30 bits per heavy atom. The highest BCUT2D eigenvalue weighted by Crippen LogP contribution is 2.20. The summed E-state index contributed by atoms with van der Waals surface area (Å²) in [6, 6.07) is 13.9. The van der Waals surface area contributed by atoms with Crippen molar-refractivity contribution < 1.29 is 9.53 Å². The van der Waals surface area contributed by atoms with E-state index in [0.717, 1.165) is 43.0 Å². The number of carbonyl (C=O) groups excluding carboxylic acids is 1. The van der Waals surface area contributed by atoms with Gasteiger partial charge in [-0.15, -0.1) is 24.0 Å². The lowest BCUT2D eigenvalue weighted by atomic mass is 9.95. The molecular weight excluding hydrogens is 493 g/mol. The molecule has 1 aliphatic rings. The Morgan fingerprint density at radius 3 is 2.83 bits per heavy atom. The quantitative estimate of drug-likeness (QED) is 0.331. The number of aliphatic imine (C=N–C) groups is 1. The first-order valence-electron chi connectivity index (χ1n) is 10.00. The molecule has 1 fully saturated rings. The summed E-state index contributed by atoms with van der Waals surface area (Å²) in [5.74, 6) is 1.47. The van der Waals surface area contributed by atoms with E-state index in [2.05, 4.69) is 20.2 Å². The molecule has 2 heterocycles. The molecule has 8 heteroatoms. The molecular formula is C22H30IN5O2. The number of aromatic nitrogens is 1. The number of carbonyl (C=O) groups is 1. The number of pyridine rings is 1. The SMILES string of the molecule is CN=C(NCc1cccnc1OCc1ccccc1)N1CCCC(CC(N)=O)C1.I. The van der Waals surface area contributed by atoms with E-state index < -0.39 is 0 Å². The minimum atomic E-state index is -0.240. The van der Waals surface area contributed by atoms with Crippen molar-refractivity contribution in [3.8, 4) is 5.88 Å². The molecule has 0 aliphatic carbocycles. The first-order chi connectivity index (χ1) is 14.2. The van der Waals surface area contributed by atoms with Crippen molar-refractivity contribution in [1.29, 1.82) is 0 Å². The molecule has 1 unspecified atom stereocenters. The van der Waals surface area contributed by atoms with Crippen molar-refractivity contribution in [3.63, 3.8) is 0 Å². The lowest BCUT2D eigenvalue weighted by molar-refractivity contribution is -0.119. The number of amides is 1. The summed E-state index contributed by atoms with van der Waals surface area (Å²) in [7, 11) is 1.77. The maximum Gasteiger partial charge on any atom is 0.218 e. The van der Waals surface area contributed by atoms with Crippen molar-refractivity contribution in [1.82, 2.24) is 15.2 Å². The van der Waals surface area contributed by atoms with Gasteiger partial charge < -0.3 is 20.7 Å². The van der Waals surface area contributed by atoms with Gasteiger partial charge in [0.15, 0.2) is 5.96 Å². The number of rotatable bonds is 7. The van der Waals surface area contributed by atoms with Crippen LogP contribution < -0.4 is 15.8 Å². The standard InChI is InChI=1S/C22H29N5O2.HI/c1-24-22(27-12-6-9-18(15-27)13-20(23)28)26-14-19-10-5-11-25-21(19)29-16-17-7-3-2-4-8-17;/h2-5,7-8,10-11,18H,6,9,12-16H2,1H3,(H2,23,28)(H,24,26);1H. The molecule has 30 heavy (non-hydrogen) atoms. The second kappa shape index (κ2) is 12.4. The number of likely N-dealkylation sites (tertiary alicyclic amines) is 1.